The zero-order chi connectivity index (χ0) is 20.2. The van der Waals surface area contributed by atoms with Gasteiger partial charge in [-0.25, -0.2) is 0 Å². The Labute approximate surface area is 174 Å². The zero-order valence-electron chi connectivity index (χ0n) is 15.2. The maximum absolute atomic E-state index is 12.0. The van der Waals surface area contributed by atoms with Gasteiger partial charge in [0.15, 0.2) is 11.5 Å². The Hall–Kier alpha value is -2.88. The van der Waals surface area contributed by atoms with Crippen molar-refractivity contribution in [2.45, 2.75) is 12.6 Å². The van der Waals surface area contributed by atoms with E-state index in [1.165, 1.54) is 11.3 Å². The van der Waals surface area contributed by atoms with E-state index in [9.17, 15) is 14.7 Å². The summed E-state index contributed by atoms with van der Waals surface area (Å²) in [6.45, 7) is 0.316. The SMILES string of the molecule is O=C(NCc1ccc2c(c1)OCO2)C(=O)NCC(O)c1ccc(-c2cccs2)s1. The third kappa shape index (κ3) is 4.58. The third-order valence-electron chi connectivity index (χ3n) is 4.27. The molecule has 0 fully saturated rings. The van der Waals surface area contributed by atoms with E-state index < -0.39 is 17.9 Å². The van der Waals surface area contributed by atoms with Gasteiger partial charge < -0.3 is 25.2 Å². The number of nitrogens with one attached hydrogen (secondary N) is 2. The highest BCUT2D eigenvalue weighted by molar-refractivity contribution is 7.21. The average molecular weight is 431 g/mol. The molecule has 0 saturated carbocycles. The van der Waals surface area contributed by atoms with Gasteiger partial charge >= 0.3 is 11.8 Å². The first kappa shape index (κ1) is 19.4. The van der Waals surface area contributed by atoms with Crippen molar-refractivity contribution in [3.63, 3.8) is 0 Å². The summed E-state index contributed by atoms with van der Waals surface area (Å²) in [4.78, 5) is 26.9. The van der Waals surface area contributed by atoms with E-state index in [1.54, 1.807) is 29.5 Å². The minimum atomic E-state index is -0.876. The molecule has 0 bridgehead atoms. The molecule has 3 N–H and O–H groups in total. The van der Waals surface area contributed by atoms with Crippen molar-refractivity contribution in [1.82, 2.24) is 10.6 Å². The molecule has 1 aliphatic heterocycles. The molecule has 1 aromatic carbocycles. The summed E-state index contributed by atoms with van der Waals surface area (Å²) in [6, 6.07) is 13.1. The molecule has 2 aromatic heterocycles. The molecule has 0 saturated heterocycles. The molecule has 1 aliphatic rings. The van der Waals surface area contributed by atoms with Crippen LogP contribution < -0.4 is 20.1 Å². The second-order valence-electron chi connectivity index (χ2n) is 6.28. The van der Waals surface area contributed by atoms with Crippen LogP contribution in [-0.2, 0) is 16.1 Å². The minimum absolute atomic E-state index is 0.0410. The topological polar surface area (TPSA) is 96.9 Å². The van der Waals surface area contributed by atoms with Gasteiger partial charge in [0.25, 0.3) is 0 Å². The molecule has 0 spiro atoms. The molecular formula is C20H18N2O5S2. The van der Waals surface area contributed by atoms with Crippen molar-refractivity contribution in [2.24, 2.45) is 0 Å². The quantitative estimate of drug-likeness (QED) is 0.523. The highest BCUT2D eigenvalue weighted by Gasteiger charge is 2.18. The fourth-order valence-corrected chi connectivity index (χ4v) is 4.60. The van der Waals surface area contributed by atoms with Crippen LogP contribution in [0.4, 0.5) is 0 Å². The van der Waals surface area contributed by atoms with E-state index >= 15 is 0 Å². The molecule has 1 atom stereocenters. The van der Waals surface area contributed by atoms with Crippen molar-refractivity contribution < 1.29 is 24.2 Å². The van der Waals surface area contributed by atoms with Crippen LogP contribution in [0.2, 0.25) is 0 Å². The number of rotatable bonds is 6. The summed E-state index contributed by atoms with van der Waals surface area (Å²) in [7, 11) is 0. The fourth-order valence-electron chi connectivity index (χ4n) is 2.77. The van der Waals surface area contributed by atoms with Crippen LogP contribution in [0.3, 0.4) is 0 Å². The average Bonchev–Trinajstić information content (AvgIpc) is 3.49. The van der Waals surface area contributed by atoms with Gasteiger partial charge in [-0.15, -0.1) is 22.7 Å². The van der Waals surface area contributed by atoms with Crippen LogP contribution in [0.5, 0.6) is 11.5 Å². The summed E-state index contributed by atoms with van der Waals surface area (Å²) in [5.41, 5.74) is 0.787. The summed E-state index contributed by atoms with van der Waals surface area (Å²) < 4.78 is 10.5. The first-order chi connectivity index (χ1) is 14.1. The number of aliphatic hydroxyl groups excluding tert-OH is 1. The van der Waals surface area contributed by atoms with Gasteiger partial charge in [-0.1, -0.05) is 12.1 Å². The number of fused-ring (bicyclic) bond motifs is 1. The largest absolute Gasteiger partial charge is 0.454 e. The Morgan fingerprint density at radius 2 is 1.86 bits per heavy atom. The number of benzene rings is 1. The molecule has 3 heterocycles. The Morgan fingerprint density at radius 1 is 1.03 bits per heavy atom. The van der Waals surface area contributed by atoms with Crippen LogP contribution in [-0.4, -0.2) is 30.3 Å². The van der Waals surface area contributed by atoms with Crippen LogP contribution in [0.1, 0.15) is 16.5 Å². The van der Waals surface area contributed by atoms with Gasteiger partial charge in [-0.3, -0.25) is 9.59 Å². The number of carbonyl (C=O) groups is 2. The van der Waals surface area contributed by atoms with Crippen molar-refractivity contribution in [3.8, 4) is 21.3 Å². The lowest BCUT2D eigenvalue weighted by molar-refractivity contribution is -0.139. The van der Waals surface area contributed by atoms with E-state index in [4.69, 9.17) is 9.47 Å². The molecule has 3 aromatic rings. The van der Waals surface area contributed by atoms with Gasteiger partial charge in [0, 0.05) is 27.7 Å². The summed E-state index contributed by atoms with van der Waals surface area (Å²) in [6.07, 6.45) is -0.876. The number of hydrogen-bond donors (Lipinski definition) is 3. The smallest absolute Gasteiger partial charge is 0.309 e. The molecule has 150 valence electrons. The highest BCUT2D eigenvalue weighted by Crippen LogP contribution is 2.34. The van der Waals surface area contributed by atoms with Gasteiger partial charge in [0.1, 0.15) is 6.10 Å². The van der Waals surface area contributed by atoms with Crippen molar-refractivity contribution >= 4 is 34.5 Å². The number of amides is 2. The molecule has 9 heteroatoms. The first-order valence-corrected chi connectivity index (χ1v) is 10.6. The van der Waals surface area contributed by atoms with Crippen molar-refractivity contribution in [3.05, 3.63) is 58.3 Å². The van der Waals surface area contributed by atoms with Gasteiger partial charge in [-0.05, 0) is 41.3 Å². The van der Waals surface area contributed by atoms with Crippen LogP contribution >= 0.6 is 22.7 Å². The second-order valence-corrected chi connectivity index (χ2v) is 8.34. The van der Waals surface area contributed by atoms with Gasteiger partial charge in [0.05, 0.1) is 0 Å². The summed E-state index contributed by atoms with van der Waals surface area (Å²) >= 11 is 3.09. The Bertz CT molecular complexity index is 1020. The molecule has 1 unspecified atom stereocenters. The number of aliphatic hydroxyl groups is 1. The molecule has 0 radical (unpaired) electrons. The Morgan fingerprint density at radius 3 is 2.69 bits per heavy atom. The summed E-state index contributed by atoms with van der Waals surface area (Å²) in [5, 5.41) is 17.3. The standard InChI is InChI=1S/C20H18N2O5S2/c23-13(16-5-6-18(29-16)17-2-1-7-28-17)10-22-20(25)19(24)21-9-12-3-4-14-15(8-12)27-11-26-14/h1-8,13,23H,9-11H2,(H,21,24)(H,22,25). The monoisotopic (exact) mass is 430 g/mol. The zero-order valence-corrected chi connectivity index (χ0v) is 16.8. The number of ether oxygens (including phenoxy) is 2. The number of hydrogen-bond acceptors (Lipinski definition) is 7. The lowest BCUT2D eigenvalue weighted by Crippen LogP contribution is -2.41. The highest BCUT2D eigenvalue weighted by atomic mass is 32.1. The van der Waals surface area contributed by atoms with Crippen LogP contribution in [0, 0.1) is 0 Å². The van der Waals surface area contributed by atoms with E-state index in [1.807, 2.05) is 29.6 Å². The lowest BCUT2D eigenvalue weighted by Gasteiger charge is -2.10. The molecule has 29 heavy (non-hydrogen) atoms. The van der Waals surface area contributed by atoms with E-state index in [-0.39, 0.29) is 19.9 Å². The lowest BCUT2D eigenvalue weighted by atomic mass is 10.2. The third-order valence-corrected chi connectivity index (χ3v) is 6.52. The van der Waals surface area contributed by atoms with Gasteiger partial charge in [-0.2, -0.15) is 0 Å². The van der Waals surface area contributed by atoms with E-state index in [0.29, 0.717) is 11.5 Å². The second kappa shape index (κ2) is 8.64. The number of thiophene rings is 2. The minimum Gasteiger partial charge on any atom is -0.454 e. The van der Waals surface area contributed by atoms with E-state index in [0.717, 1.165) is 20.2 Å². The number of carbonyl (C=O) groups excluding carboxylic acids is 2. The predicted molar refractivity (Wildman–Crippen MR) is 110 cm³/mol. The Balaban J connectivity index is 1.25. The predicted octanol–water partition coefficient (Wildman–Crippen LogP) is 2.67. The van der Waals surface area contributed by atoms with Crippen LogP contribution in [0.25, 0.3) is 9.75 Å². The molecular weight excluding hydrogens is 412 g/mol. The fraction of sp³-hybridized carbons (Fsp3) is 0.200. The maximum Gasteiger partial charge on any atom is 0.309 e. The van der Waals surface area contributed by atoms with Crippen molar-refractivity contribution in [2.75, 3.05) is 13.3 Å². The van der Waals surface area contributed by atoms with Crippen LogP contribution in [0.15, 0.2) is 47.8 Å². The summed E-state index contributed by atoms with van der Waals surface area (Å²) in [5.74, 6) is -0.287. The molecule has 2 amide bonds. The van der Waals surface area contributed by atoms with E-state index in [2.05, 4.69) is 10.6 Å². The van der Waals surface area contributed by atoms with Crippen molar-refractivity contribution in [1.29, 1.82) is 0 Å². The van der Waals surface area contributed by atoms with Gasteiger partial charge in [0.2, 0.25) is 6.79 Å². The molecule has 7 nitrogen and oxygen atoms in total. The maximum atomic E-state index is 12.0. The molecule has 0 aliphatic carbocycles. The normalized spacial score (nSPS) is 13.1. The first-order valence-electron chi connectivity index (χ1n) is 8.86. The Kier molecular flexibility index (Phi) is 5.79. The molecule has 4 rings (SSSR count).